The first-order valence-corrected chi connectivity index (χ1v) is 8.88. The Hall–Kier alpha value is -1.40. The number of nitrogens with zero attached hydrogens (tertiary/aromatic N) is 2. The number of aromatic nitrogens is 2. The first-order valence-electron chi connectivity index (χ1n) is 7.27. The summed E-state index contributed by atoms with van der Waals surface area (Å²) in [6.45, 7) is 0. The predicted octanol–water partition coefficient (Wildman–Crippen LogP) is 1.50. The smallest absolute Gasteiger partial charge is 0.156 e. The summed E-state index contributed by atoms with van der Waals surface area (Å²) in [4.78, 5) is 0. The fourth-order valence-corrected chi connectivity index (χ4v) is 6.40. The molecule has 6 heteroatoms. The van der Waals surface area contributed by atoms with Gasteiger partial charge in [-0.2, -0.15) is 5.10 Å². The lowest BCUT2D eigenvalue weighted by atomic mass is 9.85. The topological polar surface area (TPSA) is 72.2 Å². The Labute approximate surface area is 123 Å². The number of hydrogen-bond donors (Lipinski definition) is 1. The summed E-state index contributed by atoms with van der Waals surface area (Å²) in [6, 6.07) is 5.79. The summed E-state index contributed by atoms with van der Waals surface area (Å²) >= 11 is 0. The summed E-state index contributed by atoms with van der Waals surface area (Å²) in [6.07, 6.45) is 3.79. The van der Waals surface area contributed by atoms with Gasteiger partial charge in [-0.1, -0.05) is 12.1 Å². The summed E-state index contributed by atoms with van der Waals surface area (Å²) in [7, 11) is -1.16. The second kappa shape index (κ2) is 4.08. The third-order valence-electron chi connectivity index (χ3n) is 5.16. The fraction of sp³-hybridized carbons (Fsp3) is 0.533. The zero-order valence-electron chi connectivity index (χ0n) is 11.9. The third kappa shape index (κ3) is 1.78. The zero-order chi connectivity index (χ0) is 14.8. The monoisotopic (exact) mass is 306 g/mol. The summed E-state index contributed by atoms with van der Waals surface area (Å²) < 4.78 is 26.2. The first kappa shape index (κ1) is 13.3. The van der Waals surface area contributed by atoms with Crippen molar-refractivity contribution >= 4 is 20.7 Å². The first-order chi connectivity index (χ1) is 9.90. The molecule has 5 nitrogen and oxygen atoms in total. The summed E-state index contributed by atoms with van der Waals surface area (Å²) in [5.74, 6) is 0. The Morgan fingerprint density at radius 1 is 1.29 bits per heavy atom. The molecule has 0 amide bonds. The van der Waals surface area contributed by atoms with Gasteiger partial charge < -0.3 is 5.11 Å². The highest BCUT2D eigenvalue weighted by Crippen LogP contribution is 2.47. The molecule has 3 heterocycles. The minimum absolute atomic E-state index is 0.315. The average molecular weight is 306 g/mol. The number of rotatable bonds is 1. The minimum atomic E-state index is -3.03. The quantitative estimate of drug-likeness (QED) is 0.866. The van der Waals surface area contributed by atoms with Gasteiger partial charge in [0, 0.05) is 12.4 Å². The number of fused-ring (bicyclic) bond motifs is 3. The predicted molar refractivity (Wildman–Crippen MR) is 79.6 cm³/mol. The molecule has 0 saturated carbocycles. The molecule has 2 fully saturated rings. The van der Waals surface area contributed by atoms with E-state index in [4.69, 9.17) is 0 Å². The molecule has 2 unspecified atom stereocenters. The lowest BCUT2D eigenvalue weighted by Crippen LogP contribution is -2.43. The number of aryl methyl sites for hydroxylation is 1. The van der Waals surface area contributed by atoms with Crippen LogP contribution in [0, 0.1) is 0 Å². The van der Waals surface area contributed by atoms with Crippen molar-refractivity contribution < 1.29 is 13.5 Å². The Morgan fingerprint density at radius 3 is 2.62 bits per heavy atom. The second-order valence-electron chi connectivity index (χ2n) is 6.39. The van der Waals surface area contributed by atoms with Gasteiger partial charge >= 0.3 is 0 Å². The number of hydrogen-bond acceptors (Lipinski definition) is 4. The highest BCUT2D eigenvalue weighted by Gasteiger charge is 2.53. The van der Waals surface area contributed by atoms with Crippen LogP contribution in [0.25, 0.3) is 10.9 Å². The zero-order valence-corrected chi connectivity index (χ0v) is 12.7. The van der Waals surface area contributed by atoms with Crippen molar-refractivity contribution in [3.63, 3.8) is 0 Å². The van der Waals surface area contributed by atoms with Gasteiger partial charge in [-0.3, -0.25) is 4.68 Å². The molecule has 0 spiro atoms. The third-order valence-corrected chi connectivity index (χ3v) is 7.82. The van der Waals surface area contributed by atoms with E-state index >= 15 is 0 Å². The maximum Gasteiger partial charge on any atom is 0.156 e. The van der Waals surface area contributed by atoms with E-state index in [1.165, 1.54) is 0 Å². The highest BCUT2D eigenvalue weighted by atomic mass is 32.2. The van der Waals surface area contributed by atoms with Crippen LogP contribution >= 0.6 is 0 Å². The maximum absolute atomic E-state index is 12.2. The van der Waals surface area contributed by atoms with Gasteiger partial charge in [0.1, 0.15) is 0 Å². The molecule has 2 bridgehead atoms. The van der Waals surface area contributed by atoms with E-state index in [2.05, 4.69) is 5.10 Å². The van der Waals surface area contributed by atoms with Gasteiger partial charge in [0.05, 0.1) is 27.8 Å². The van der Waals surface area contributed by atoms with Gasteiger partial charge in [0.15, 0.2) is 9.84 Å². The highest BCUT2D eigenvalue weighted by molar-refractivity contribution is 7.93. The SMILES string of the molecule is Cn1ncc2ccc(C3(O)CC4CCC(C3)S4(=O)=O)cc21. The molecule has 112 valence electrons. The van der Waals surface area contributed by atoms with E-state index in [1.54, 1.807) is 10.9 Å². The van der Waals surface area contributed by atoms with Crippen molar-refractivity contribution in [3.8, 4) is 0 Å². The van der Waals surface area contributed by atoms with Crippen LogP contribution in [0.15, 0.2) is 24.4 Å². The molecule has 0 aliphatic carbocycles. The molecule has 2 aliphatic rings. The lowest BCUT2D eigenvalue weighted by molar-refractivity contribution is 0.0174. The van der Waals surface area contributed by atoms with Crippen LogP contribution < -0.4 is 0 Å². The van der Waals surface area contributed by atoms with Gasteiger partial charge in [-0.25, -0.2) is 8.42 Å². The molecule has 0 radical (unpaired) electrons. The summed E-state index contributed by atoms with van der Waals surface area (Å²) in [5, 5.41) is 15.5. The maximum atomic E-state index is 12.2. The minimum Gasteiger partial charge on any atom is -0.385 e. The molecule has 2 atom stereocenters. The second-order valence-corrected chi connectivity index (χ2v) is 8.90. The van der Waals surface area contributed by atoms with Crippen LogP contribution in [0.1, 0.15) is 31.2 Å². The molecule has 2 aliphatic heterocycles. The molecule has 2 saturated heterocycles. The Balaban J connectivity index is 1.79. The van der Waals surface area contributed by atoms with Crippen molar-refractivity contribution in [2.75, 3.05) is 0 Å². The van der Waals surface area contributed by atoms with E-state index in [9.17, 15) is 13.5 Å². The van der Waals surface area contributed by atoms with Gasteiger partial charge in [0.25, 0.3) is 0 Å². The van der Waals surface area contributed by atoms with E-state index in [0.29, 0.717) is 25.7 Å². The van der Waals surface area contributed by atoms with E-state index < -0.39 is 15.4 Å². The molecule has 1 N–H and O–H groups in total. The van der Waals surface area contributed by atoms with Crippen molar-refractivity contribution in [1.82, 2.24) is 9.78 Å². The van der Waals surface area contributed by atoms with Gasteiger partial charge in [-0.15, -0.1) is 0 Å². The van der Waals surface area contributed by atoms with Crippen LogP contribution in [0.3, 0.4) is 0 Å². The van der Waals surface area contributed by atoms with Crippen LogP contribution in [0.5, 0.6) is 0 Å². The molecular weight excluding hydrogens is 288 g/mol. The lowest BCUT2D eigenvalue weighted by Gasteiger charge is -2.36. The van der Waals surface area contributed by atoms with E-state index in [0.717, 1.165) is 16.5 Å². The molecule has 1 aromatic heterocycles. The summed E-state index contributed by atoms with van der Waals surface area (Å²) in [5.41, 5.74) is 0.738. The molecule has 1 aromatic carbocycles. The molecule has 21 heavy (non-hydrogen) atoms. The van der Waals surface area contributed by atoms with Crippen molar-refractivity contribution in [1.29, 1.82) is 0 Å². The normalized spacial score (nSPS) is 34.4. The van der Waals surface area contributed by atoms with Crippen molar-refractivity contribution in [3.05, 3.63) is 30.0 Å². The van der Waals surface area contributed by atoms with Crippen LogP contribution in [-0.4, -0.2) is 33.8 Å². The average Bonchev–Trinajstić information content (AvgIpc) is 2.85. The van der Waals surface area contributed by atoms with Crippen LogP contribution in [-0.2, 0) is 22.5 Å². The van der Waals surface area contributed by atoms with Crippen molar-refractivity contribution in [2.24, 2.45) is 7.05 Å². The molecular formula is C15H18N2O3S. The van der Waals surface area contributed by atoms with Gasteiger partial charge in [-0.05, 0) is 37.3 Å². The Bertz CT molecular complexity index is 805. The van der Waals surface area contributed by atoms with Crippen molar-refractivity contribution in [2.45, 2.75) is 41.8 Å². The van der Waals surface area contributed by atoms with Crippen LogP contribution in [0.2, 0.25) is 0 Å². The van der Waals surface area contributed by atoms with E-state index in [1.807, 2.05) is 25.2 Å². The van der Waals surface area contributed by atoms with E-state index in [-0.39, 0.29) is 10.5 Å². The van der Waals surface area contributed by atoms with Crippen LogP contribution in [0.4, 0.5) is 0 Å². The number of sulfone groups is 1. The molecule has 4 rings (SSSR count). The fourth-order valence-electron chi connectivity index (χ4n) is 3.91. The number of benzene rings is 1. The molecule has 2 aromatic rings. The Kier molecular flexibility index (Phi) is 2.58. The Morgan fingerprint density at radius 2 is 1.95 bits per heavy atom. The standard InChI is InChI=1S/C15H18N2O3S/c1-17-14-6-11(3-2-10(14)9-16-17)15(18)7-12-4-5-13(8-15)21(12,19)20/h2-3,6,9,12-13,18H,4-5,7-8H2,1H3. The van der Waals surface area contributed by atoms with Gasteiger partial charge in [0.2, 0.25) is 0 Å². The number of aliphatic hydroxyl groups is 1. The largest absolute Gasteiger partial charge is 0.385 e.